The van der Waals surface area contributed by atoms with Crippen molar-refractivity contribution >= 4 is 87.2 Å². The van der Waals surface area contributed by atoms with Gasteiger partial charge < -0.3 is 18.3 Å². The summed E-state index contributed by atoms with van der Waals surface area (Å²) >= 11 is 0. The van der Waals surface area contributed by atoms with Crippen LogP contribution in [0.2, 0.25) is 0 Å². The van der Waals surface area contributed by atoms with Crippen molar-refractivity contribution in [1.29, 1.82) is 0 Å². The first kappa shape index (κ1) is 42.0. The highest BCUT2D eigenvalue weighted by molar-refractivity contribution is 6.15. The number of para-hydroxylation sites is 4. The molecule has 0 aliphatic heterocycles. The number of pyridine rings is 2. The zero-order valence-electron chi connectivity index (χ0n) is 40.7. The van der Waals surface area contributed by atoms with Crippen molar-refractivity contribution in [2.75, 3.05) is 0 Å². The van der Waals surface area contributed by atoms with Crippen LogP contribution in [0.15, 0.2) is 249 Å². The molecule has 0 spiro atoms. The summed E-state index contributed by atoms with van der Waals surface area (Å²) in [6.07, 6.45) is 7.49. The summed E-state index contributed by atoms with van der Waals surface area (Å²) in [5, 5.41) is 9.25. The van der Waals surface area contributed by atoms with Crippen LogP contribution in [0.3, 0.4) is 0 Å². The minimum absolute atomic E-state index is 0.582. The van der Waals surface area contributed by atoms with Crippen molar-refractivity contribution in [3.8, 4) is 56.9 Å². The number of rotatable bonds is 7. The van der Waals surface area contributed by atoms with Gasteiger partial charge in [0.05, 0.1) is 67.9 Å². The largest absolute Gasteiger partial charge is 0.309 e. The molecule has 0 bridgehead atoms. The number of aromatic nitrogens is 9. The lowest BCUT2D eigenvalue weighted by molar-refractivity contribution is 1.07. The zero-order valence-corrected chi connectivity index (χ0v) is 40.7. The van der Waals surface area contributed by atoms with Crippen LogP contribution >= 0.6 is 0 Å². The summed E-state index contributed by atoms with van der Waals surface area (Å²) in [5.74, 6) is 1.76. The molecule has 0 amide bonds. The molecule has 0 saturated heterocycles. The molecule has 9 heteroatoms. The molecule has 7 heterocycles. The Morgan fingerprint density at radius 1 is 0.224 bits per heavy atom. The third kappa shape index (κ3) is 6.36. The standard InChI is InChI=1S/C67H41N9/c1-2-14-42(15-3-1)65-70-66(43-26-30-61-53(36-43)55-38-45(28-32-63(55)75(61)47-16-12-34-68-40-47)73-57-22-8-4-18-49(57)50-19-5-9-23-58(50)73)72-67(71-65)44-27-31-62-54(37-44)56-39-46(29-33-64(56)76(62)48-17-13-35-69-41-48)74-59-24-10-6-20-51(59)52-21-7-11-25-60(52)74/h1-41H. The van der Waals surface area contributed by atoms with E-state index >= 15 is 0 Å². The lowest BCUT2D eigenvalue weighted by Crippen LogP contribution is -2.00. The fourth-order valence-electron chi connectivity index (χ4n) is 11.9. The molecular weight excluding hydrogens is 931 g/mol. The van der Waals surface area contributed by atoms with E-state index in [9.17, 15) is 0 Å². The summed E-state index contributed by atoms with van der Waals surface area (Å²) in [5.41, 5.74) is 15.7. The first-order valence-corrected chi connectivity index (χ1v) is 25.5. The van der Waals surface area contributed by atoms with Gasteiger partial charge in [-0.05, 0) is 121 Å². The third-order valence-electron chi connectivity index (χ3n) is 15.2. The summed E-state index contributed by atoms with van der Waals surface area (Å²) in [7, 11) is 0. The molecule has 9 aromatic carbocycles. The van der Waals surface area contributed by atoms with Gasteiger partial charge in [-0.2, -0.15) is 0 Å². The summed E-state index contributed by atoms with van der Waals surface area (Å²) in [4.78, 5) is 25.0. The molecular formula is C67H41N9. The summed E-state index contributed by atoms with van der Waals surface area (Å²) in [6.45, 7) is 0. The van der Waals surface area contributed by atoms with Crippen molar-refractivity contribution < 1.29 is 0 Å². The molecule has 7 aromatic heterocycles. The van der Waals surface area contributed by atoms with Crippen molar-refractivity contribution in [3.63, 3.8) is 0 Å². The highest BCUT2D eigenvalue weighted by Gasteiger charge is 2.22. The molecule has 0 fully saturated rings. The van der Waals surface area contributed by atoms with Gasteiger partial charge in [0.2, 0.25) is 0 Å². The Morgan fingerprint density at radius 3 is 0.947 bits per heavy atom. The van der Waals surface area contributed by atoms with Crippen LogP contribution in [0.1, 0.15) is 0 Å². The second-order valence-corrected chi connectivity index (χ2v) is 19.4. The van der Waals surface area contributed by atoms with Gasteiger partial charge in [-0.15, -0.1) is 0 Å². The molecule has 354 valence electrons. The van der Waals surface area contributed by atoms with E-state index in [1.165, 1.54) is 21.5 Å². The molecule has 0 saturated carbocycles. The number of hydrogen-bond donors (Lipinski definition) is 0. The molecule has 0 aliphatic rings. The van der Waals surface area contributed by atoms with E-state index in [0.29, 0.717) is 17.5 Å². The Labute approximate surface area is 434 Å². The van der Waals surface area contributed by atoms with Crippen LogP contribution in [0.25, 0.3) is 144 Å². The van der Waals surface area contributed by atoms with Crippen LogP contribution in [0.5, 0.6) is 0 Å². The van der Waals surface area contributed by atoms with Crippen molar-refractivity contribution in [3.05, 3.63) is 249 Å². The quantitative estimate of drug-likeness (QED) is 0.159. The van der Waals surface area contributed by atoms with Crippen LogP contribution in [-0.2, 0) is 0 Å². The number of nitrogens with zero attached hydrogens (tertiary/aromatic N) is 9. The normalized spacial score (nSPS) is 11.9. The molecule has 0 atom stereocenters. The van der Waals surface area contributed by atoms with E-state index in [1.807, 2.05) is 55.1 Å². The molecule has 0 N–H and O–H groups in total. The topological polar surface area (TPSA) is 84.2 Å². The van der Waals surface area contributed by atoms with Crippen molar-refractivity contribution in [2.45, 2.75) is 0 Å². The molecule has 76 heavy (non-hydrogen) atoms. The van der Waals surface area contributed by atoms with E-state index in [1.54, 1.807) is 0 Å². The smallest absolute Gasteiger partial charge is 0.164 e. The molecule has 16 rings (SSSR count). The van der Waals surface area contributed by atoms with Gasteiger partial charge in [0.15, 0.2) is 17.5 Å². The van der Waals surface area contributed by atoms with Crippen molar-refractivity contribution in [1.82, 2.24) is 43.2 Å². The highest BCUT2D eigenvalue weighted by atomic mass is 15.0. The van der Waals surface area contributed by atoms with Gasteiger partial charge in [0, 0.05) is 83.5 Å². The minimum Gasteiger partial charge on any atom is -0.309 e. The maximum absolute atomic E-state index is 5.39. The monoisotopic (exact) mass is 971 g/mol. The van der Waals surface area contributed by atoms with E-state index in [4.69, 9.17) is 15.0 Å². The molecule has 16 aromatic rings. The number of fused-ring (bicyclic) bond motifs is 12. The van der Waals surface area contributed by atoms with Crippen molar-refractivity contribution in [2.24, 2.45) is 0 Å². The highest BCUT2D eigenvalue weighted by Crippen LogP contribution is 2.41. The van der Waals surface area contributed by atoms with Crippen LogP contribution < -0.4 is 0 Å². The average Bonchev–Trinajstić information content (AvgIpc) is 4.37. The molecule has 0 radical (unpaired) electrons. The maximum atomic E-state index is 5.39. The van der Waals surface area contributed by atoms with Gasteiger partial charge in [0.25, 0.3) is 0 Å². The van der Waals surface area contributed by atoms with E-state index < -0.39 is 0 Å². The fourth-order valence-corrected chi connectivity index (χ4v) is 11.9. The lowest BCUT2D eigenvalue weighted by atomic mass is 10.1. The lowest BCUT2D eigenvalue weighted by Gasteiger charge is -2.10. The molecule has 0 unspecified atom stereocenters. The third-order valence-corrected chi connectivity index (χ3v) is 15.2. The minimum atomic E-state index is 0.582. The first-order chi connectivity index (χ1) is 37.7. The van der Waals surface area contributed by atoms with Gasteiger partial charge >= 0.3 is 0 Å². The second kappa shape index (κ2) is 16.5. The van der Waals surface area contributed by atoms with Gasteiger partial charge in [-0.3, -0.25) is 9.97 Å². The number of benzene rings is 9. The predicted octanol–water partition coefficient (Wildman–Crippen LogP) is 16.1. The maximum Gasteiger partial charge on any atom is 0.164 e. The van der Waals surface area contributed by atoms with E-state index in [0.717, 1.165) is 105 Å². The Kier molecular flexibility index (Phi) is 9.13. The van der Waals surface area contributed by atoms with Crippen LogP contribution in [0, 0.1) is 0 Å². The summed E-state index contributed by atoms with van der Waals surface area (Å²) in [6, 6.07) is 79.7. The number of hydrogen-bond acceptors (Lipinski definition) is 5. The van der Waals surface area contributed by atoms with Gasteiger partial charge in [0.1, 0.15) is 0 Å². The van der Waals surface area contributed by atoms with E-state index in [-0.39, 0.29) is 0 Å². The first-order valence-electron chi connectivity index (χ1n) is 25.5. The SMILES string of the molecule is c1ccc(-c2nc(-c3ccc4c(c3)c3cc(-n5c6ccccc6c6ccccc65)ccc3n4-c3cccnc3)nc(-c3ccc4c(c3)c3cc(-n5c6ccccc6c6ccccc65)ccc3n4-c3cccnc3)n2)cc1. The fraction of sp³-hybridized carbons (Fsp3) is 0. The summed E-state index contributed by atoms with van der Waals surface area (Å²) < 4.78 is 9.36. The Bertz CT molecular complexity index is 4590. The van der Waals surface area contributed by atoms with Crippen LogP contribution in [0.4, 0.5) is 0 Å². The van der Waals surface area contributed by atoms with Gasteiger partial charge in [-0.25, -0.2) is 15.0 Å². The van der Waals surface area contributed by atoms with Gasteiger partial charge in [-0.1, -0.05) is 103 Å². The second-order valence-electron chi connectivity index (χ2n) is 19.4. The molecule has 9 nitrogen and oxygen atoms in total. The Hall–Kier alpha value is -10.5. The Balaban J connectivity index is 0.909. The van der Waals surface area contributed by atoms with Crippen LogP contribution in [-0.4, -0.2) is 43.2 Å². The van der Waals surface area contributed by atoms with E-state index in [2.05, 4.69) is 222 Å². The molecule has 0 aliphatic carbocycles. The Morgan fingerprint density at radius 2 is 0.553 bits per heavy atom. The average molecular weight is 972 g/mol. The zero-order chi connectivity index (χ0) is 49.8. The predicted molar refractivity (Wildman–Crippen MR) is 309 cm³/mol.